The minimum absolute atomic E-state index is 0.100. The number of Topliss-reactive ketones (excluding diaryl/α,β-unsaturated/α-hetero) is 1. The van der Waals surface area contributed by atoms with E-state index >= 15 is 0 Å². The second-order valence-electron chi connectivity index (χ2n) is 4.91. The van der Waals surface area contributed by atoms with Crippen LogP contribution in [0.1, 0.15) is 24.2 Å². The SMILES string of the molecule is CC(C)OC(=O)CN1C(=O)C(=O)c2cc(S(=O)(=O)O)ccc21. The number of fused-ring (bicyclic) bond motifs is 1. The van der Waals surface area contributed by atoms with E-state index in [0.29, 0.717) is 0 Å². The molecule has 1 aromatic rings. The molecule has 0 aromatic heterocycles. The standard InChI is InChI=1S/C13H13NO7S/c1-7(2)21-11(15)6-14-10-4-3-8(22(18,19)20)5-9(10)12(16)13(14)17/h3-5,7H,6H2,1-2H3,(H,18,19,20). The number of hydrogen-bond donors (Lipinski definition) is 1. The zero-order valence-electron chi connectivity index (χ0n) is 11.8. The molecule has 0 atom stereocenters. The van der Waals surface area contributed by atoms with E-state index in [4.69, 9.17) is 9.29 Å². The summed E-state index contributed by atoms with van der Waals surface area (Å²) in [6, 6.07) is 3.13. The van der Waals surface area contributed by atoms with E-state index < -0.39 is 39.2 Å². The molecule has 1 aromatic carbocycles. The third-order valence-corrected chi connectivity index (χ3v) is 3.74. The molecular weight excluding hydrogens is 314 g/mol. The van der Waals surface area contributed by atoms with Gasteiger partial charge in [0.25, 0.3) is 21.8 Å². The van der Waals surface area contributed by atoms with Crippen LogP contribution >= 0.6 is 0 Å². The number of carbonyl (C=O) groups excluding carboxylic acids is 3. The van der Waals surface area contributed by atoms with Crippen LogP contribution in [-0.2, 0) is 24.4 Å². The van der Waals surface area contributed by atoms with Gasteiger partial charge in [-0.3, -0.25) is 23.8 Å². The number of nitrogens with zero attached hydrogens (tertiary/aromatic N) is 1. The van der Waals surface area contributed by atoms with Gasteiger partial charge in [-0.1, -0.05) is 0 Å². The number of ether oxygens (including phenoxy) is 1. The van der Waals surface area contributed by atoms with Gasteiger partial charge in [-0.15, -0.1) is 0 Å². The van der Waals surface area contributed by atoms with Crippen LogP contribution < -0.4 is 4.90 Å². The highest BCUT2D eigenvalue weighted by Crippen LogP contribution is 2.30. The number of ketones is 1. The first kappa shape index (κ1) is 16.1. The molecule has 0 aliphatic carbocycles. The highest BCUT2D eigenvalue weighted by molar-refractivity contribution is 7.85. The third kappa shape index (κ3) is 3.00. The van der Waals surface area contributed by atoms with E-state index in [1.807, 2.05) is 0 Å². The van der Waals surface area contributed by atoms with Gasteiger partial charge in [0, 0.05) is 0 Å². The minimum Gasteiger partial charge on any atom is -0.462 e. The number of anilines is 1. The molecule has 1 N–H and O–H groups in total. The Morgan fingerprint density at radius 3 is 2.50 bits per heavy atom. The van der Waals surface area contributed by atoms with Gasteiger partial charge in [0.05, 0.1) is 22.3 Å². The summed E-state index contributed by atoms with van der Waals surface area (Å²) in [6.07, 6.45) is -0.373. The van der Waals surface area contributed by atoms with E-state index in [9.17, 15) is 22.8 Å². The van der Waals surface area contributed by atoms with E-state index in [0.717, 1.165) is 17.0 Å². The lowest BCUT2D eigenvalue weighted by Gasteiger charge is -2.16. The summed E-state index contributed by atoms with van der Waals surface area (Å²) in [7, 11) is -4.50. The zero-order valence-corrected chi connectivity index (χ0v) is 12.6. The Bertz CT molecular complexity index is 767. The third-order valence-electron chi connectivity index (χ3n) is 2.90. The van der Waals surface area contributed by atoms with Crippen LogP contribution in [0.3, 0.4) is 0 Å². The molecule has 118 valence electrons. The van der Waals surface area contributed by atoms with Gasteiger partial charge < -0.3 is 4.74 Å². The number of rotatable bonds is 4. The largest absolute Gasteiger partial charge is 0.462 e. The lowest BCUT2D eigenvalue weighted by molar-refractivity contribution is -0.146. The Kier molecular flexibility index (Phi) is 4.03. The van der Waals surface area contributed by atoms with Crippen molar-refractivity contribution in [1.82, 2.24) is 0 Å². The molecule has 0 saturated carbocycles. The summed E-state index contributed by atoms with van der Waals surface area (Å²) in [5, 5.41) is 0. The van der Waals surface area contributed by atoms with Crippen LogP contribution in [0.4, 0.5) is 5.69 Å². The highest BCUT2D eigenvalue weighted by atomic mass is 32.2. The fourth-order valence-corrected chi connectivity index (χ4v) is 2.53. The summed E-state index contributed by atoms with van der Waals surface area (Å²) in [6.45, 7) is 2.82. The van der Waals surface area contributed by atoms with Crippen molar-refractivity contribution in [3.8, 4) is 0 Å². The van der Waals surface area contributed by atoms with Crippen molar-refractivity contribution in [3.05, 3.63) is 23.8 Å². The average molecular weight is 327 g/mol. The first-order valence-corrected chi connectivity index (χ1v) is 7.72. The first-order chi connectivity index (χ1) is 10.1. The zero-order chi connectivity index (χ0) is 16.7. The van der Waals surface area contributed by atoms with E-state index in [2.05, 4.69) is 0 Å². The highest BCUT2D eigenvalue weighted by Gasteiger charge is 2.38. The van der Waals surface area contributed by atoms with Gasteiger partial charge in [-0.2, -0.15) is 8.42 Å². The summed E-state index contributed by atoms with van der Waals surface area (Å²) in [5.74, 6) is -2.59. The molecule has 9 heteroatoms. The Morgan fingerprint density at radius 1 is 1.32 bits per heavy atom. The van der Waals surface area contributed by atoms with E-state index in [1.165, 1.54) is 6.07 Å². The molecule has 1 heterocycles. The molecule has 1 aliphatic heterocycles. The van der Waals surface area contributed by atoms with Crippen LogP contribution in [-0.4, -0.2) is 43.3 Å². The Hall–Kier alpha value is -2.26. The topological polar surface area (TPSA) is 118 Å². The van der Waals surface area contributed by atoms with Crippen LogP contribution in [0.25, 0.3) is 0 Å². The van der Waals surface area contributed by atoms with Crippen molar-refractivity contribution in [2.45, 2.75) is 24.8 Å². The van der Waals surface area contributed by atoms with Crippen molar-refractivity contribution in [1.29, 1.82) is 0 Å². The smallest absolute Gasteiger partial charge is 0.326 e. The molecule has 0 saturated heterocycles. The molecule has 0 unspecified atom stereocenters. The fourth-order valence-electron chi connectivity index (χ4n) is 2.03. The minimum atomic E-state index is -4.50. The molecule has 0 radical (unpaired) electrons. The summed E-state index contributed by atoms with van der Waals surface area (Å²) in [5.41, 5.74) is -0.0828. The molecule has 0 spiro atoms. The van der Waals surface area contributed by atoms with Crippen LogP contribution in [0, 0.1) is 0 Å². The molecule has 0 fully saturated rings. The van der Waals surface area contributed by atoms with Crippen molar-refractivity contribution < 1.29 is 32.1 Å². The molecule has 2 rings (SSSR count). The van der Waals surface area contributed by atoms with Gasteiger partial charge >= 0.3 is 5.97 Å². The normalized spacial score (nSPS) is 14.5. The first-order valence-electron chi connectivity index (χ1n) is 6.28. The Labute approximate surface area is 126 Å². The van der Waals surface area contributed by atoms with Crippen molar-refractivity contribution in [2.24, 2.45) is 0 Å². The van der Waals surface area contributed by atoms with Crippen LogP contribution in [0.2, 0.25) is 0 Å². The molecule has 0 bridgehead atoms. The van der Waals surface area contributed by atoms with Crippen molar-refractivity contribution >= 4 is 33.5 Å². The number of amides is 1. The Balaban J connectivity index is 2.37. The summed E-state index contributed by atoms with van der Waals surface area (Å²) >= 11 is 0. The fraction of sp³-hybridized carbons (Fsp3) is 0.308. The van der Waals surface area contributed by atoms with Crippen LogP contribution in [0.5, 0.6) is 0 Å². The van der Waals surface area contributed by atoms with Gasteiger partial charge in [0.15, 0.2) is 0 Å². The van der Waals surface area contributed by atoms with E-state index in [-0.39, 0.29) is 17.4 Å². The second kappa shape index (κ2) is 5.50. The molecular formula is C13H13NO7S. The maximum atomic E-state index is 11.9. The summed E-state index contributed by atoms with van der Waals surface area (Å²) in [4.78, 5) is 35.8. The van der Waals surface area contributed by atoms with Gasteiger partial charge in [0.2, 0.25) is 0 Å². The Morgan fingerprint density at radius 2 is 1.95 bits per heavy atom. The molecule has 1 aliphatic rings. The quantitative estimate of drug-likeness (QED) is 0.483. The van der Waals surface area contributed by atoms with Crippen molar-refractivity contribution in [2.75, 3.05) is 11.4 Å². The lowest BCUT2D eigenvalue weighted by Crippen LogP contribution is -2.36. The van der Waals surface area contributed by atoms with Gasteiger partial charge in [-0.05, 0) is 32.0 Å². The maximum absolute atomic E-state index is 11.9. The number of carbonyl (C=O) groups is 3. The predicted octanol–water partition coefficient (Wildman–Crippen LogP) is 0.414. The van der Waals surface area contributed by atoms with Gasteiger partial charge in [0.1, 0.15) is 6.54 Å². The van der Waals surface area contributed by atoms with Gasteiger partial charge in [-0.25, -0.2) is 0 Å². The second-order valence-corrected chi connectivity index (χ2v) is 6.33. The number of hydrogen-bond acceptors (Lipinski definition) is 6. The molecule has 1 amide bonds. The molecule has 8 nitrogen and oxygen atoms in total. The van der Waals surface area contributed by atoms with Crippen molar-refractivity contribution in [3.63, 3.8) is 0 Å². The van der Waals surface area contributed by atoms with E-state index in [1.54, 1.807) is 13.8 Å². The number of esters is 1. The number of benzene rings is 1. The predicted molar refractivity (Wildman–Crippen MR) is 74.2 cm³/mol. The maximum Gasteiger partial charge on any atom is 0.326 e. The van der Waals surface area contributed by atoms with Crippen LogP contribution in [0.15, 0.2) is 23.1 Å². The average Bonchev–Trinajstić information content (AvgIpc) is 2.62. The molecule has 22 heavy (non-hydrogen) atoms. The lowest BCUT2D eigenvalue weighted by atomic mass is 10.1. The monoisotopic (exact) mass is 327 g/mol. The summed E-state index contributed by atoms with van der Waals surface area (Å²) < 4.78 is 36.0.